The van der Waals surface area contributed by atoms with Crippen LogP contribution in [0.2, 0.25) is 0 Å². The van der Waals surface area contributed by atoms with E-state index in [0.29, 0.717) is 5.92 Å². The van der Waals surface area contributed by atoms with Crippen molar-refractivity contribution in [1.29, 1.82) is 0 Å². The highest BCUT2D eigenvalue weighted by molar-refractivity contribution is 14.0. The number of aliphatic imine (C=N–C) groups is 1. The van der Waals surface area contributed by atoms with Crippen LogP contribution in [0.1, 0.15) is 28.9 Å². The number of rotatable bonds is 8. The third-order valence-corrected chi connectivity index (χ3v) is 6.39. The van der Waals surface area contributed by atoms with Gasteiger partial charge in [-0.1, -0.05) is 6.07 Å². The Labute approximate surface area is 201 Å². The highest BCUT2D eigenvalue weighted by atomic mass is 127. The first kappa shape index (κ1) is 24.7. The molecule has 0 saturated carbocycles. The molecular formula is C22H34IN5OS. The van der Waals surface area contributed by atoms with Gasteiger partial charge >= 0.3 is 0 Å². The number of anilines is 1. The predicted octanol–water partition coefficient (Wildman–Crippen LogP) is 4.01. The first-order chi connectivity index (χ1) is 14.1. The molecule has 1 atom stereocenters. The minimum atomic E-state index is 0. The van der Waals surface area contributed by atoms with Crippen molar-refractivity contribution in [2.45, 2.75) is 33.6 Å². The number of hydrogen-bond donors (Lipinski definition) is 2. The highest BCUT2D eigenvalue weighted by Gasteiger charge is 2.22. The summed E-state index contributed by atoms with van der Waals surface area (Å²) in [6, 6.07) is 8.31. The summed E-state index contributed by atoms with van der Waals surface area (Å²) in [7, 11) is 1.71. The van der Waals surface area contributed by atoms with E-state index in [4.69, 9.17) is 9.73 Å². The molecule has 1 aliphatic heterocycles. The number of nitrogens with zero attached hydrogens (tertiary/aromatic N) is 3. The summed E-state index contributed by atoms with van der Waals surface area (Å²) in [5.74, 6) is 2.38. The smallest absolute Gasteiger partial charge is 0.191 e. The minimum absolute atomic E-state index is 0. The zero-order valence-electron chi connectivity index (χ0n) is 18.4. The van der Waals surface area contributed by atoms with E-state index in [1.54, 1.807) is 18.4 Å². The molecule has 6 nitrogen and oxygen atoms in total. The highest BCUT2D eigenvalue weighted by Crippen LogP contribution is 2.27. The van der Waals surface area contributed by atoms with Crippen LogP contribution in [0.25, 0.3) is 0 Å². The zero-order chi connectivity index (χ0) is 20.6. The van der Waals surface area contributed by atoms with E-state index >= 15 is 0 Å². The molecule has 0 bridgehead atoms. The monoisotopic (exact) mass is 543 g/mol. The van der Waals surface area contributed by atoms with Gasteiger partial charge in [-0.25, -0.2) is 4.98 Å². The lowest BCUT2D eigenvalue weighted by Crippen LogP contribution is -2.38. The summed E-state index contributed by atoms with van der Waals surface area (Å²) < 4.78 is 5.36. The molecule has 1 aliphatic rings. The summed E-state index contributed by atoms with van der Waals surface area (Å²) in [6.45, 7) is 11.0. The third kappa shape index (κ3) is 7.01. The van der Waals surface area contributed by atoms with Crippen molar-refractivity contribution in [1.82, 2.24) is 15.6 Å². The van der Waals surface area contributed by atoms with Crippen LogP contribution in [0.4, 0.5) is 5.69 Å². The van der Waals surface area contributed by atoms with Crippen molar-refractivity contribution in [3.8, 4) is 5.75 Å². The van der Waals surface area contributed by atoms with Crippen molar-refractivity contribution >= 4 is 47.0 Å². The number of aryl methyl sites for hydroxylation is 2. The maximum absolute atomic E-state index is 5.36. The number of nitrogens with one attached hydrogen (secondary N) is 2. The molecule has 166 valence electrons. The molecule has 2 N–H and O–H groups in total. The lowest BCUT2D eigenvalue weighted by molar-refractivity contribution is 0.415. The summed E-state index contributed by atoms with van der Waals surface area (Å²) in [5.41, 5.74) is 2.38. The second kappa shape index (κ2) is 12.3. The number of halogens is 1. The largest absolute Gasteiger partial charge is 0.497 e. The van der Waals surface area contributed by atoms with Crippen molar-refractivity contribution < 1.29 is 4.74 Å². The second-order valence-corrected chi connectivity index (χ2v) is 8.74. The summed E-state index contributed by atoms with van der Waals surface area (Å²) in [4.78, 5) is 13.2. The van der Waals surface area contributed by atoms with Gasteiger partial charge < -0.3 is 20.3 Å². The Bertz CT molecular complexity index is 806. The topological polar surface area (TPSA) is 61.8 Å². The quantitative estimate of drug-likeness (QED) is 0.300. The first-order valence-corrected chi connectivity index (χ1v) is 11.2. The van der Waals surface area contributed by atoms with E-state index in [1.807, 2.05) is 6.07 Å². The Kier molecular flexibility index (Phi) is 10.2. The molecular weight excluding hydrogens is 509 g/mol. The summed E-state index contributed by atoms with van der Waals surface area (Å²) in [5, 5.41) is 8.00. The molecule has 1 saturated heterocycles. The zero-order valence-corrected chi connectivity index (χ0v) is 21.5. The first-order valence-electron chi connectivity index (χ1n) is 10.4. The average molecular weight is 544 g/mol. The Balaban J connectivity index is 0.00000320. The molecule has 0 amide bonds. The van der Waals surface area contributed by atoms with Crippen LogP contribution < -0.4 is 20.3 Å². The van der Waals surface area contributed by atoms with E-state index < -0.39 is 0 Å². The molecule has 3 rings (SSSR count). The van der Waals surface area contributed by atoms with Crippen molar-refractivity contribution in [3.63, 3.8) is 0 Å². The molecule has 1 aromatic carbocycles. The molecule has 0 aliphatic carbocycles. The van der Waals surface area contributed by atoms with Gasteiger partial charge in [-0.05, 0) is 45.2 Å². The lowest BCUT2D eigenvalue weighted by Gasteiger charge is -2.19. The second-order valence-electron chi connectivity index (χ2n) is 7.45. The van der Waals surface area contributed by atoms with E-state index in [9.17, 15) is 0 Å². The van der Waals surface area contributed by atoms with Gasteiger partial charge in [0.15, 0.2) is 5.96 Å². The van der Waals surface area contributed by atoms with Gasteiger partial charge in [0, 0.05) is 55.8 Å². The van der Waals surface area contributed by atoms with E-state index in [0.717, 1.165) is 63.0 Å². The average Bonchev–Trinajstić information content (AvgIpc) is 3.33. The Morgan fingerprint density at radius 1 is 1.33 bits per heavy atom. The Hall–Kier alpha value is -1.55. The normalized spacial score (nSPS) is 16.3. The van der Waals surface area contributed by atoms with Crippen LogP contribution in [0.15, 0.2) is 29.3 Å². The number of guanidine groups is 1. The van der Waals surface area contributed by atoms with Gasteiger partial charge in [0.2, 0.25) is 0 Å². The summed E-state index contributed by atoms with van der Waals surface area (Å²) >= 11 is 1.79. The molecule has 0 spiro atoms. The fourth-order valence-corrected chi connectivity index (χ4v) is 4.45. The van der Waals surface area contributed by atoms with Gasteiger partial charge in [-0.2, -0.15) is 0 Å². The molecule has 30 heavy (non-hydrogen) atoms. The molecule has 2 heterocycles. The predicted molar refractivity (Wildman–Crippen MR) is 138 cm³/mol. The Morgan fingerprint density at radius 3 is 2.87 bits per heavy atom. The van der Waals surface area contributed by atoms with Crippen LogP contribution in [0.5, 0.6) is 5.75 Å². The lowest BCUT2D eigenvalue weighted by atomic mass is 10.1. The maximum atomic E-state index is 5.36. The number of ether oxygens (including phenoxy) is 1. The van der Waals surface area contributed by atoms with Gasteiger partial charge in [0.05, 0.1) is 17.8 Å². The van der Waals surface area contributed by atoms with Crippen molar-refractivity contribution in [2.75, 3.05) is 44.7 Å². The van der Waals surface area contributed by atoms with E-state index in [-0.39, 0.29) is 24.0 Å². The van der Waals surface area contributed by atoms with Gasteiger partial charge in [-0.15, -0.1) is 35.3 Å². The molecule has 2 aromatic rings. The number of hydrogen-bond acceptors (Lipinski definition) is 5. The Morgan fingerprint density at radius 2 is 2.17 bits per heavy atom. The molecule has 8 heteroatoms. The van der Waals surface area contributed by atoms with Crippen LogP contribution in [-0.2, 0) is 6.42 Å². The summed E-state index contributed by atoms with van der Waals surface area (Å²) in [6.07, 6.45) is 2.09. The molecule has 1 fully saturated rings. The fraction of sp³-hybridized carbons (Fsp3) is 0.545. The number of aromatic nitrogens is 1. The molecule has 0 radical (unpaired) electrons. The molecule has 1 aromatic heterocycles. The van der Waals surface area contributed by atoms with Crippen LogP contribution in [0, 0.1) is 19.8 Å². The van der Waals surface area contributed by atoms with Crippen molar-refractivity contribution in [3.05, 3.63) is 39.8 Å². The van der Waals surface area contributed by atoms with Gasteiger partial charge in [0.1, 0.15) is 5.75 Å². The SMILES string of the molecule is CCNC(=NCC1CCN(c2cccc(OC)c2)C1)NCCc1nc(C)c(C)s1.I. The third-order valence-electron chi connectivity index (χ3n) is 5.26. The van der Waals surface area contributed by atoms with Crippen LogP contribution >= 0.6 is 35.3 Å². The van der Waals surface area contributed by atoms with Gasteiger partial charge in [0.25, 0.3) is 0 Å². The van der Waals surface area contributed by atoms with Crippen LogP contribution in [0.3, 0.4) is 0 Å². The fourth-order valence-electron chi connectivity index (χ4n) is 3.52. The number of benzene rings is 1. The molecule has 1 unspecified atom stereocenters. The number of thiazole rings is 1. The van der Waals surface area contributed by atoms with E-state index in [2.05, 4.69) is 59.5 Å². The maximum Gasteiger partial charge on any atom is 0.191 e. The van der Waals surface area contributed by atoms with Crippen molar-refractivity contribution in [2.24, 2.45) is 10.9 Å². The minimum Gasteiger partial charge on any atom is -0.497 e. The van der Waals surface area contributed by atoms with Gasteiger partial charge in [-0.3, -0.25) is 4.99 Å². The standard InChI is InChI=1S/C22H33N5OS.HI/c1-5-23-22(24-11-9-21-26-16(2)17(3)29-21)25-14-18-10-12-27(15-18)19-7-6-8-20(13-19)28-4;/h6-8,13,18H,5,9-12,14-15H2,1-4H3,(H2,23,24,25);1H. The van der Waals surface area contributed by atoms with Crippen LogP contribution in [-0.4, -0.2) is 50.8 Å². The number of methoxy groups -OCH3 is 1. The van der Waals surface area contributed by atoms with E-state index in [1.165, 1.54) is 15.6 Å².